The van der Waals surface area contributed by atoms with E-state index in [0.29, 0.717) is 53.9 Å². The first-order valence-electron chi connectivity index (χ1n) is 17.1. The van der Waals surface area contributed by atoms with E-state index in [1.165, 1.54) is 12.5 Å². The van der Waals surface area contributed by atoms with Crippen LogP contribution < -0.4 is 9.47 Å². The molecule has 0 aliphatic rings. The molecule has 14 heteroatoms. The molecule has 0 fully saturated rings. The summed E-state index contributed by atoms with van der Waals surface area (Å²) >= 11 is 25.0. The monoisotopic (exact) mass is 830 g/mol. The molecule has 0 aliphatic carbocycles. The van der Waals surface area contributed by atoms with Crippen molar-refractivity contribution in [2.24, 2.45) is 0 Å². The molecular formula is C42H34Cl4N4O6. The summed E-state index contributed by atoms with van der Waals surface area (Å²) in [5, 5.41) is 1.94. The number of aryl methyl sites for hydroxylation is 2. The van der Waals surface area contributed by atoms with Gasteiger partial charge in [0, 0.05) is 78.3 Å². The van der Waals surface area contributed by atoms with Crippen LogP contribution in [0.4, 0.5) is 0 Å². The second-order valence-electron chi connectivity index (χ2n) is 12.6. The number of rotatable bonds is 14. The van der Waals surface area contributed by atoms with E-state index in [0.717, 1.165) is 22.3 Å². The van der Waals surface area contributed by atoms with Crippen LogP contribution in [0.25, 0.3) is 11.1 Å². The molecule has 0 spiro atoms. The standard InChI is InChI=1S/C42H34Cl4N4O6/c1-27-3-9-39(53-21-29-5-7-33(43)17-37(29)45)35(15-27)31(19-49-13-11-47-25-49)23-55-41(51)42(52)56-24-32(20-50-14-12-48-26-50)36-16-28(2)4-10-40(36)54-22-30-6-8-34(44)18-38(30)46/h3-18,23-26H,19-22H2,1-2H3. The molecule has 0 aliphatic heterocycles. The van der Waals surface area contributed by atoms with Crippen LogP contribution in [0.2, 0.25) is 20.1 Å². The van der Waals surface area contributed by atoms with Gasteiger partial charge < -0.3 is 28.1 Å². The van der Waals surface area contributed by atoms with E-state index in [-0.39, 0.29) is 26.3 Å². The number of hydrogen-bond donors (Lipinski definition) is 0. The molecule has 0 atom stereocenters. The highest BCUT2D eigenvalue weighted by molar-refractivity contribution is 6.35. The van der Waals surface area contributed by atoms with Gasteiger partial charge >= 0.3 is 11.9 Å². The number of aromatic nitrogens is 4. The highest BCUT2D eigenvalue weighted by Crippen LogP contribution is 2.33. The normalized spacial score (nSPS) is 11.7. The van der Waals surface area contributed by atoms with E-state index in [2.05, 4.69) is 9.97 Å². The molecule has 0 bridgehead atoms. The Balaban J connectivity index is 1.24. The molecule has 0 unspecified atom stereocenters. The second kappa shape index (κ2) is 18.9. The molecule has 0 saturated heterocycles. The van der Waals surface area contributed by atoms with Crippen LogP contribution >= 0.6 is 46.4 Å². The molecule has 10 nitrogen and oxygen atoms in total. The number of esters is 2. The lowest BCUT2D eigenvalue weighted by atomic mass is 10.0. The zero-order valence-corrected chi connectivity index (χ0v) is 33.1. The number of hydrogen-bond acceptors (Lipinski definition) is 8. The van der Waals surface area contributed by atoms with Crippen molar-refractivity contribution < 1.29 is 28.5 Å². The maximum absolute atomic E-state index is 13.2. The summed E-state index contributed by atoms with van der Waals surface area (Å²) in [5.74, 6) is -1.50. The topological polar surface area (TPSA) is 107 Å². The van der Waals surface area contributed by atoms with Gasteiger partial charge in [0.1, 0.15) is 37.2 Å². The predicted octanol–water partition coefficient (Wildman–Crippen LogP) is 10.3. The third kappa shape index (κ3) is 10.8. The van der Waals surface area contributed by atoms with Crippen molar-refractivity contribution >= 4 is 69.5 Å². The summed E-state index contributed by atoms with van der Waals surface area (Å²) in [7, 11) is 0. The van der Waals surface area contributed by atoms with E-state index in [9.17, 15) is 9.59 Å². The molecule has 56 heavy (non-hydrogen) atoms. The lowest BCUT2D eigenvalue weighted by Gasteiger charge is -2.16. The maximum atomic E-state index is 13.2. The average Bonchev–Trinajstić information content (AvgIpc) is 3.90. The van der Waals surface area contributed by atoms with Gasteiger partial charge in [0.2, 0.25) is 0 Å². The number of carbonyl (C=O) groups is 2. The van der Waals surface area contributed by atoms with Crippen molar-refractivity contribution in [2.75, 3.05) is 0 Å². The summed E-state index contributed by atoms with van der Waals surface area (Å²) in [4.78, 5) is 34.7. The Morgan fingerprint density at radius 1 is 0.607 bits per heavy atom. The Labute approximate surface area is 343 Å². The summed E-state index contributed by atoms with van der Waals surface area (Å²) in [6.07, 6.45) is 12.4. The summed E-state index contributed by atoms with van der Waals surface area (Å²) in [5.41, 5.74) is 5.59. The van der Waals surface area contributed by atoms with Gasteiger partial charge in [-0.25, -0.2) is 19.6 Å². The molecule has 286 valence electrons. The van der Waals surface area contributed by atoms with Crippen molar-refractivity contribution in [3.05, 3.63) is 176 Å². The Morgan fingerprint density at radius 2 is 1.04 bits per heavy atom. The number of carbonyl (C=O) groups excluding carboxylic acids is 2. The fraction of sp³-hybridized carbons (Fsp3) is 0.143. The van der Waals surface area contributed by atoms with Gasteiger partial charge in [-0.15, -0.1) is 0 Å². The van der Waals surface area contributed by atoms with Crippen molar-refractivity contribution in [1.82, 2.24) is 19.1 Å². The highest BCUT2D eigenvalue weighted by atomic mass is 35.5. The lowest BCUT2D eigenvalue weighted by Crippen LogP contribution is -2.17. The van der Waals surface area contributed by atoms with Gasteiger partial charge in [-0.05, 0) is 62.4 Å². The van der Waals surface area contributed by atoms with Crippen molar-refractivity contribution in [3.63, 3.8) is 0 Å². The predicted molar refractivity (Wildman–Crippen MR) is 217 cm³/mol. The van der Waals surface area contributed by atoms with Crippen LogP contribution in [0.3, 0.4) is 0 Å². The summed E-state index contributed by atoms with van der Waals surface area (Å²) in [6, 6.07) is 21.5. The maximum Gasteiger partial charge on any atom is 0.422 e. The molecule has 2 aromatic heterocycles. The van der Waals surface area contributed by atoms with Crippen molar-refractivity contribution in [3.8, 4) is 11.5 Å². The van der Waals surface area contributed by atoms with Crippen molar-refractivity contribution in [2.45, 2.75) is 40.2 Å². The Hall–Kier alpha value is -5.52. The lowest BCUT2D eigenvalue weighted by molar-refractivity contribution is -0.160. The zero-order valence-electron chi connectivity index (χ0n) is 30.1. The largest absolute Gasteiger partial charge is 0.488 e. The number of nitrogens with zero attached hydrogens (tertiary/aromatic N) is 4. The molecule has 0 amide bonds. The summed E-state index contributed by atoms with van der Waals surface area (Å²) < 4.78 is 26.9. The molecule has 6 rings (SSSR count). The number of halogens is 4. The van der Waals surface area contributed by atoms with Crippen molar-refractivity contribution in [1.29, 1.82) is 0 Å². The van der Waals surface area contributed by atoms with Crippen LogP contribution in [0, 0.1) is 13.8 Å². The fourth-order valence-corrected chi connectivity index (χ4v) is 6.43. The van der Waals surface area contributed by atoms with Gasteiger partial charge in [0.05, 0.1) is 25.7 Å². The number of benzene rings is 4. The number of imidazole rings is 2. The van der Waals surface area contributed by atoms with Crippen LogP contribution in [-0.2, 0) is 45.4 Å². The van der Waals surface area contributed by atoms with E-state index >= 15 is 0 Å². The Bertz CT molecular complexity index is 2230. The molecule has 4 aromatic carbocycles. The first-order chi connectivity index (χ1) is 27.0. The minimum Gasteiger partial charge on any atom is -0.488 e. The molecule has 0 N–H and O–H groups in total. The third-order valence-corrected chi connectivity index (χ3v) is 9.54. The molecule has 0 radical (unpaired) electrons. The number of ether oxygens (including phenoxy) is 4. The van der Waals surface area contributed by atoms with Gasteiger partial charge in [0.25, 0.3) is 0 Å². The smallest absolute Gasteiger partial charge is 0.422 e. The van der Waals surface area contributed by atoms with Crippen LogP contribution in [0.5, 0.6) is 11.5 Å². The van der Waals surface area contributed by atoms with E-state index in [4.69, 9.17) is 65.4 Å². The first-order valence-corrected chi connectivity index (χ1v) is 18.6. The minimum atomic E-state index is -1.24. The zero-order chi connectivity index (χ0) is 39.6. The average molecular weight is 833 g/mol. The minimum absolute atomic E-state index is 0.146. The first kappa shape index (κ1) is 40.2. The van der Waals surface area contributed by atoms with Crippen LogP contribution in [0.1, 0.15) is 33.4 Å². The SMILES string of the molecule is Cc1ccc(OCc2ccc(Cl)cc2Cl)c(C(=COC(=O)C(=O)OC=C(Cn2ccnc2)c2cc(C)ccc2OCc2ccc(Cl)cc2Cl)Cn2ccnc2)c1. The van der Waals surface area contributed by atoms with Gasteiger partial charge in [0.15, 0.2) is 0 Å². The fourth-order valence-electron chi connectivity index (χ4n) is 5.50. The van der Waals surface area contributed by atoms with E-state index in [1.807, 2.05) is 50.2 Å². The van der Waals surface area contributed by atoms with E-state index < -0.39 is 11.9 Å². The highest BCUT2D eigenvalue weighted by Gasteiger charge is 2.20. The van der Waals surface area contributed by atoms with E-state index in [1.54, 1.807) is 83.0 Å². The van der Waals surface area contributed by atoms with Gasteiger partial charge in [-0.3, -0.25) is 0 Å². The van der Waals surface area contributed by atoms with Crippen LogP contribution in [0.15, 0.2) is 123 Å². The third-order valence-electron chi connectivity index (χ3n) is 8.37. The molecular weight excluding hydrogens is 798 g/mol. The molecule has 6 aromatic rings. The van der Waals surface area contributed by atoms with Crippen LogP contribution in [-0.4, -0.2) is 31.0 Å². The van der Waals surface area contributed by atoms with Gasteiger partial charge in [-0.2, -0.15) is 0 Å². The summed E-state index contributed by atoms with van der Waals surface area (Å²) in [6.45, 7) is 4.60. The Morgan fingerprint density at radius 3 is 1.41 bits per heavy atom. The molecule has 2 heterocycles. The Kier molecular flexibility index (Phi) is 13.5. The second-order valence-corrected chi connectivity index (χ2v) is 14.3. The quantitative estimate of drug-likeness (QED) is 0.0607. The molecule has 0 saturated carbocycles. The van der Waals surface area contributed by atoms with Gasteiger partial charge in [-0.1, -0.05) is 81.8 Å². The number of allylic oxidation sites excluding steroid dienone is 2.